The van der Waals surface area contributed by atoms with E-state index in [-0.39, 0.29) is 49.9 Å². The number of ether oxygens (including phenoxy) is 1. The Morgan fingerprint density at radius 2 is 1.86 bits per heavy atom. The zero-order chi connectivity index (χ0) is 26.3. The van der Waals surface area contributed by atoms with E-state index >= 15 is 0 Å². The number of hydrogen-bond acceptors (Lipinski definition) is 7. The maximum atomic E-state index is 13.4. The standard InChI is InChI=1S/C25H24Cl2N4O6/c26-17-9-14(31-24(36)29-21(34)12-28-31)10-18(27)22(17)37-15-4-5-19(32)16(11-15)23(35)30-8-2-7-25(13-30)6-1-3-20(25)33/h4-5,9-12,20,32-33H,1-3,6-8,13H2,(H,29,34,36). The number of likely N-dealkylation sites (tertiary alicyclic amines) is 1. The van der Waals surface area contributed by atoms with E-state index in [2.05, 4.69) is 10.1 Å². The van der Waals surface area contributed by atoms with Crippen LogP contribution in [0.25, 0.3) is 5.69 Å². The van der Waals surface area contributed by atoms with Gasteiger partial charge < -0.3 is 19.8 Å². The summed E-state index contributed by atoms with van der Waals surface area (Å²) in [5.74, 6) is -0.263. The highest BCUT2D eigenvalue weighted by atomic mass is 35.5. The van der Waals surface area contributed by atoms with Crippen molar-refractivity contribution < 1.29 is 19.7 Å². The Morgan fingerprint density at radius 3 is 2.54 bits per heavy atom. The fourth-order valence-electron chi connectivity index (χ4n) is 5.27. The number of aromatic nitrogens is 3. The second-order valence-electron chi connectivity index (χ2n) is 9.47. The molecule has 0 radical (unpaired) electrons. The number of carbonyl (C=O) groups is 1. The molecule has 2 fully saturated rings. The molecule has 1 saturated heterocycles. The largest absolute Gasteiger partial charge is 0.507 e. The van der Waals surface area contributed by atoms with Gasteiger partial charge >= 0.3 is 5.69 Å². The first-order valence-electron chi connectivity index (χ1n) is 11.8. The summed E-state index contributed by atoms with van der Waals surface area (Å²) < 4.78 is 6.80. The van der Waals surface area contributed by atoms with Gasteiger partial charge in [0.25, 0.3) is 11.5 Å². The average molecular weight is 547 g/mol. The van der Waals surface area contributed by atoms with Gasteiger partial charge in [0.15, 0.2) is 5.75 Å². The van der Waals surface area contributed by atoms with Gasteiger partial charge in [-0.25, -0.2) is 4.79 Å². The third-order valence-corrected chi connectivity index (χ3v) is 7.68. The van der Waals surface area contributed by atoms with Crippen LogP contribution < -0.4 is 16.0 Å². The Morgan fingerprint density at radius 1 is 1.14 bits per heavy atom. The summed E-state index contributed by atoms with van der Waals surface area (Å²) in [5, 5.41) is 24.9. The highest BCUT2D eigenvalue weighted by Gasteiger charge is 2.45. The molecule has 0 bridgehead atoms. The number of nitrogens with zero attached hydrogens (tertiary/aromatic N) is 3. The van der Waals surface area contributed by atoms with Crippen molar-refractivity contribution in [2.45, 2.75) is 38.2 Å². The van der Waals surface area contributed by atoms with E-state index in [1.807, 2.05) is 0 Å². The lowest BCUT2D eigenvalue weighted by Crippen LogP contribution is -2.49. The van der Waals surface area contributed by atoms with Crippen molar-refractivity contribution in [3.63, 3.8) is 0 Å². The minimum absolute atomic E-state index is 0.0524. The first-order chi connectivity index (χ1) is 17.7. The van der Waals surface area contributed by atoms with Gasteiger partial charge in [-0.3, -0.25) is 14.6 Å². The second-order valence-corrected chi connectivity index (χ2v) is 10.3. The lowest BCUT2D eigenvalue weighted by Gasteiger charge is -2.42. The number of aromatic hydroxyl groups is 1. The van der Waals surface area contributed by atoms with Gasteiger partial charge in [-0.2, -0.15) is 9.78 Å². The fraction of sp³-hybridized carbons (Fsp3) is 0.360. The zero-order valence-corrected chi connectivity index (χ0v) is 21.1. The van der Waals surface area contributed by atoms with E-state index in [9.17, 15) is 24.6 Å². The monoisotopic (exact) mass is 546 g/mol. The van der Waals surface area contributed by atoms with Crippen LogP contribution in [0.5, 0.6) is 17.2 Å². The van der Waals surface area contributed by atoms with E-state index in [1.54, 1.807) is 4.90 Å². The van der Waals surface area contributed by atoms with Crippen LogP contribution in [-0.4, -0.2) is 55.0 Å². The smallest absolute Gasteiger partial charge is 0.349 e. The molecular formula is C25H24Cl2N4O6. The first-order valence-corrected chi connectivity index (χ1v) is 12.6. The summed E-state index contributed by atoms with van der Waals surface area (Å²) in [6.07, 6.45) is 4.72. The third kappa shape index (κ3) is 4.84. The van der Waals surface area contributed by atoms with Gasteiger partial charge in [0.05, 0.1) is 27.4 Å². The molecule has 1 saturated carbocycles. The van der Waals surface area contributed by atoms with Gasteiger partial charge in [0.1, 0.15) is 17.7 Å². The molecule has 3 aromatic rings. The predicted octanol–water partition coefficient (Wildman–Crippen LogP) is 3.49. The SMILES string of the molecule is O=C(c1cc(Oc2c(Cl)cc(-n3ncc(=O)[nH]c3=O)cc2Cl)ccc1O)N1CCCC2(CCCC2O)C1. The van der Waals surface area contributed by atoms with Crippen LogP contribution in [0.15, 0.2) is 46.1 Å². The van der Waals surface area contributed by atoms with E-state index in [1.165, 1.54) is 30.3 Å². The van der Waals surface area contributed by atoms with Crippen LogP contribution in [0.1, 0.15) is 42.5 Å². The lowest BCUT2D eigenvalue weighted by atomic mass is 9.76. The molecule has 194 valence electrons. The van der Waals surface area contributed by atoms with Crippen molar-refractivity contribution in [3.05, 3.63) is 73.0 Å². The molecule has 5 rings (SSSR count). The summed E-state index contributed by atoms with van der Waals surface area (Å²) in [4.78, 5) is 40.5. The summed E-state index contributed by atoms with van der Waals surface area (Å²) in [6, 6.07) is 7.02. The topological polar surface area (TPSA) is 138 Å². The number of phenols is 1. The van der Waals surface area contributed by atoms with Crippen LogP contribution in [0.4, 0.5) is 0 Å². The quantitative estimate of drug-likeness (QED) is 0.455. The fourth-order valence-corrected chi connectivity index (χ4v) is 5.82. The number of carbonyl (C=O) groups excluding carboxylic acids is 1. The van der Waals surface area contributed by atoms with E-state index in [4.69, 9.17) is 27.9 Å². The summed E-state index contributed by atoms with van der Waals surface area (Å²) in [5.41, 5.74) is -1.42. The molecule has 1 spiro atoms. The number of rotatable bonds is 4. The number of aliphatic hydroxyl groups excluding tert-OH is 1. The van der Waals surface area contributed by atoms with Gasteiger partial charge in [-0.1, -0.05) is 29.6 Å². The maximum Gasteiger partial charge on any atom is 0.349 e. The number of nitrogens with one attached hydrogen (secondary N) is 1. The minimum Gasteiger partial charge on any atom is -0.507 e. The van der Waals surface area contributed by atoms with Gasteiger partial charge in [0.2, 0.25) is 0 Å². The summed E-state index contributed by atoms with van der Waals surface area (Å²) in [6.45, 7) is 0.976. The van der Waals surface area contributed by atoms with E-state index in [0.29, 0.717) is 13.1 Å². The molecule has 1 aliphatic carbocycles. The van der Waals surface area contributed by atoms with Crippen LogP contribution in [0.3, 0.4) is 0 Å². The zero-order valence-electron chi connectivity index (χ0n) is 19.6. The Bertz CT molecular complexity index is 1470. The Labute approximate surface area is 221 Å². The molecule has 10 nitrogen and oxygen atoms in total. The van der Waals surface area contributed by atoms with Crippen LogP contribution in [0.2, 0.25) is 10.0 Å². The van der Waals surface area contributed by atoms with Crippen molar-refractivity contribution >= 4 is 29.1 Å². The van der Waals surface area contributed by atoms with Crippen molar-refractivity contribution in [1.82, 2.24) is 19.7 Å². The number of amides is 1. The highest BCUT2D eigenvalue weighted by molar-refractivity contribution is 6.37. The molecule has 12 heteroatoms. The van der Waals surface area contributed by atoms with Crippen LogP contribution >= 0.6 is 23.2 Å². The molecule has 37 heavy (non-hydrogen) atoms. The number of piperidine rings is 1. The molecule has 1 aliphatic heterocycles. The number of hydrogen-bond donors (Lipinski definition) is 3. The summed E-state index contributed by atoms with van der Waals surface area (Å²) >= 11 is 12.8. The third-order valence-electron chi connectivity index (χ3n) is 7.11. The number of benzene rings is 2. The number of H-pyrrole nitrogens is 1. The predicted molar refractivity (Wildman–Crippen MR) is 136 cm³/mol. The number of halogens is 2. The minimum atomic E-state index is -0.764. The molecule has 1 amide bonds. The van der Waals surface area contributed by atoms with Crippen molar-refractivity contribution in [2.24, 2.45) is 5.41 Å². The first kappa shape index (κ1) is 25.3. The van der Waals surface area contributed by atoms with E-state index in [0.717, 1.165) is 43.0 Å². The van der Waals surface area contributed by atoms with Crippen LogP contribution in [-0.2, 0) is 0 Å². The van der Waals surface area contributed by atoms with Crippen molar-refractivity contribution in [1.29, 1.82) is 0 Å². The number of aromatic amines is 1. The molecule has 1 aromatic heterocycles. The molecule has 2 aliphatic rings. The molecule has 2 unspecified atom stereocenters. The molecule has 2 aromatic carbocycles. The normalized spacial score (nSPS) is 21.4. The second kappa shape index (κ2) is 9.85. The molecular weight excluding hydrogens is 523 g/mol. The molecule has 2 heterocycles. The Kier molecular flexibility index (Phi) is 6.74. The highest BCUT2D eigenvalue weighted by Crippen LogP contribution is 2.45. The van der Waals surface area contributed by atoms with Crippen molar-refractivity contribution in [2.75, 3.05) is 13.1 Å². The van der Waals surface area contributed by atoms with Gasteiger partial charge in [-0.15, -0.1) is 0 Å². The van der Waals surface area contributed by atoms with Crippen molar-refractivity contribution in [3.8, 4) is 22.9 Å². The number of aliphatic hydroxyl groups is 1. The van der Waals surface area contributed by atoms with Crippen LogP contribution in [0, 0.1) is 5.41 Å². The van der Waals surface area contributed by atoms with E-state index < -0.39 is 17.4 Å². The van der Waals surface area contributed by atoms with Gasteiger partial charge in [0, 0.05) is 18.5 Å². The maximum absolute atomic E-state index is 13.4. The number of phenolic OH excluding ortho intramolecular Hbond substituents is 1. The average Bonchev–Trinajstić information content (AvgIpc) is 3.20. The Hall–Kier alpha value is -3.34. The Balaban J connectivity index is 1.40. The summed E-state index contributed by atoms with van der Waals surface area (Å²) in [7, 11) is 0. The molecule has 2 atom stereocenters. The lowest BCUT2D eigenvalue weighted by molar-refractivity contribution is -0.00544. The molecule has 3 N–H and O–H groups in total. The van der Waals surface area contributed by atoms with Gasteiger partial charge in [-0.05, 0) is 56.0 Å².